The van der Waals surface area contributed by atoms with E-state index in [0.29, 0.717) is 24.2 Å². The molecular formula is C25H53N3. The standard InChI is InChI=1S/C25H53N3/c1-20(2)27(19-16-25-13-11-17-26(25)9)18-10-12-23(7)14-15-24(8)28(21(3)4)22(5)6/h20-25H,10-19H2,1-9H3. The molecule has 0 amide bonds. The normalized spacial score (nSPS) is 21.0. The van der Waals surface area contributed by atoms with Crippen molar-refractivity contribution in [2.75, 3.05) is 26.7 Å². The summed E-state index contributed by atoms with van der Waals surface area (Å²) < 4.78 is 0. The average molecular weight is 396 g/mol. The quantitative estimate of drug-likeness (QED) is 0.363. The highest BCUT2D eigenvalue weighted by atomic mass is 15.2. The van der Waals surface area contributed by atoms with Crippen molar-refractivity contribution in [3.8, 4) is 0 Å². The van der Waals surface area contributed by atoms with Gasteiger partial charge in [-0.3, -0.25) is 4.90 Å². The maximum Gasteiger partial charge on any atom is 0.0105 e. The molecule has 0 aromatic heterocycles. The lowest BCUT2D eigenvalue weighted by atomic mass is 9.96. The van der Waals surface area contributed by atoms with E-state index in [1.165, 1.54) is 64.6 Å². The Morgan fingerprint density at radius 2 is 1.46 bits per heavy atom. The zero-order valence-corrected chi connectivity index (χ0v) is 20.9. The van der Waals surface area contributed by atoms with Crippen LogP contribution in [-0.2, 0) is 0 Å². The van der Waals surface area contributed by atoms with Gasteiger partial charge >= 0.3 is 0 Å². The second kappa shape index (κ2) is 13.2. The van der Waals surface area contributed by atoms with E-state index >= 15 is 0 Å². The fourth-order valence-corrected chi connectivity index (χ4v) is 5.36. The minimum Gasteiger partial charge on any atom is -0.303 e. The summed E-state index contributed by atoms with van der Waals surface area (Å²) in [5, 5.41) is 0. The second-order valence-corrected chi connectivity index (χ2v) is 10.5. The van der Waals surface area contributed by atoms with Gasteiger partial charge in [0.15, 0.2) is 0 Å². The number of likely N-dealkylation sites (tertiary alicyclic amines) is 1. The topological polar surface area (TPSA) is 9.72 Å². The van der Waals surface area contributed by atoms with Crippen LogP contribution in [0.2, 0.25) is 0 Å². The van der Waals surface area contributed by atoms with Crippen LogP contribution in [0, 0.1) is 5.92 Å². The van der Waals surface area contributed by atoms with Crippen LogP contribution >= 0.6 is 0 Å². The van der Waals surface area contributed by atoms with E-state index in [4.69, 9.17) is 0 Å². The van der Waals surface area contributed by atoms with E-state index in [1.54, 1.807) is 0 Å². The molecule has 3 unspecified atom stereocenters. The molecule has 168 valence electrons. The number of hydrogen-bond acceptors (Lipinski definition) is 3. The summed E-state index contributed by atoms with van der Waals surface area (Å²) in [5.74, 6) is 0.846. The average Bonchev–Trinajstić information content (AvgIpc) is 3.00. The Morgan fingerprint density at radius 3 is 1.96 bits per heavy atom. The van der Waals surface area contributed by atoms with Crippen molar-refractivity contribution in [3.05, 3.63) is 0 Å². The maximum absolute atomic E-state index is 2.72. The molecule has 0 aromatic carbocycles. The Hall–Kier alpha value is -0.120. The van der Waals surface area contributed by atoms with Crippen LogP contribution in [0.3, 0.4) is 0 Å². The predicted molar refractivity (Wildman–Crippen MR) is 126 cm³/mol. The first-order valence-electron chi connectivity index (χ1n) is 12.3. The van der Waals surface area contributed by atoms with E-state index < -0.39 is 0 Å². The van der Waals surface area contributed by atoms with Gasteiger partial charge in [-0.2, -0.15) is 0 Å². The molecule has 0 spiro atoms. The molecule has 1 fully saturated rings. The fourth-order valence-electron chi connectivity index (χ4n) is 5.36. The van der Waals surface area contributed by atoms with Gasteiger partial charge in [0.2, 0.25) is 0 Å². The van der Waals surface area contributed by atoms with Crippen molar-refractivity contribution < 1.29 is 0 Å². The van der Waals surface area contributed by atoms with E-state index in [2.05, 4.69) is 77.1 Å². The van der Waals surface area contributed by atoms with Crippen molar-refractivity contribution >= 4 is 0 Å². The fraction of sp³-hybridized carbons (Fsp3) is 1.00. The predicted octanol–water partition coefficient (Wildman–Crippen LogP) is 5.88. The first-order valence-corrected chi connectivity index (χ1v) is 12.3. The lowest BCUT2D eigenvalue weighted by molar-refractivity contribution is 0.111. The molecule has 28 heavy (non-hydrogen) atoms. The van der Waals surface area contributed by atoms with Gasteiger partial charge in [0.05, 0.1) is 0 Å². The van der Waals surface area contributed by atoms with Crippen molar-refractivity contribution in [3.63, 3.8) is 0 Å². The zero-order chi connectivity index (χ0) is 21.3. The first-order chi connectivity index (χ1) is 13.1. The van der Waals surface area contributed by atoms with Crippen LogP contribution in [0.4, 0.5) is 0 Å². The molecule has 1 heterocycles. The van der Waals surface area contributed by atoms with E-state index in [-0.39, 0.29) is 0 Å². The van der Waals surface area contributed by atoms with Gasteiger partial charge < -0.3 is 9.80 Å². The Labute approximate surface area is 178 Å². The highest BCUT2D eigenvalue weighted by Crippen LogP contribution is 2.21. The highest BCUT2D eigenvalue weighted by molar-refractivity contribution is 4.78. The molecule has 1 aliphatic heterocycles. The van der Waals surface area contributed by atoms with Crippen LogP contribution in [-0.4, -0.2) is 71.6 Å². The Balaban J connectivity index is 2.29. The smallest absolute Gasteiger partial charge is 0.0105 e. The molecule has 3 nitrogen and oxygen atoms in total. The summed E-state index contributed by atoms with van der Waals surface area (Å²) in [6.45, 7) is 22.8. The van der Waals surface area contributed by atoms with Crippen LogP contribution in [0.1, 0.15) is 100 Å². The summed E-state index contributed by atoms with van der Waals surface area (Å²) in [6.07, 6.45) is 9.58. The minimum atomic E-state index is 0.642. The van der Waals surface area contributed by atoms with Gasteiger partial charge in [-0.15, -0.1) is 0 Å². The van der Waals surface area contributed by atoms with Gasteiger partial charge in [0.1, 0.15) is 0 Å². The third-order valence-electron chi connectivity index (χ3n) is 7.07. The van der Waals surface area contributed by atoms with Crippen LogP contribution in [0.25, 0.3) is 0 Å². The lowest BCUT2D eigenvalue weighted by Crippen LogP contribution is -2.43. The Bertz CT molecular complexity index is 385. The summed E-state index contributed by atoms with van der Waals surface area (Å²) in [4.78, 5) is 7.97. The largest absolute Gasteiger partial charge is 0.303 e. The summed E-state index contributed by atoms with van der Waals surface area (Å²) >= 11 is 0. The first kappa shape index (κ1) is 25.9. The summed E-state index contributed by atoms with van der Waals surface area (Å²) in [7, 11) is 2.31. The molecule has 3 atom stereocenters. The van der Waals surface area contributed by atoms with Crippen molar-refractivity contribution in [1.82, 2.24) is 14.7 Å². The molecule has 0 N–H and O–H groups in total. The van der Waals surface area contributed by atoms with Crippen LogP contribution < -0.4 is 0 Å². The molecule has 0 bridgehead atoms. The maximum atomic E-state index is 2.72. The van der Waals surface area contributed by atoms with Crippen LogP contribution in [0.15, 0.2) is 0 Å². The number of rotatable bonds is 14. The molecule has 1 saturated heterocycles. The lowest BCUT2D eigenvalue weighted by Gasteiger charge is -2.36. The van der Waals surface area contributed by atoms with E-state index in [1.807, 2.05) is 0 Å². The molecule has 0 aromatic rings. The Kier molecular flexibility index (Phi) is 12.3. The molecule has 0 saturated carbocycles. The highest BCUT2D eigenvalue weighted by Gasteiger charge is 2.22. The van der Waals surface area contributed by atoms with Gasteiger partial charge in [0.25, 0.3) is 0 Å². The molecule has 0 radical (unpaired) electrons. The molecule has 1 rings (SSSR count). The number of hydrogen-bond donors (Lipinski definition) is 0. The molecule has 0 aliphatic carbocycles. The van der Waals surface area contributed by atoms with Gasteiger partial charge in [0, 0.05) is 30.2 Å². The number of nitrogens with zero attached hydrogens (tertiary/aromatic N) is 3. The molecule has 3 heteroatoms. The third-order valence-corrected chi connectivity index (χ3v) is 7.07. The summed E-state index contributed by atoms with van der Waals surface area (Å²) in [5.41, 5.74) is 0. The van der Waals surface area contributed by atoms with Crippen molar-refractivity contribution in [2.24, 2.45) is 5.92 Å². The third kappa shape index (κ3) is 9.13. The van der Waals surface area contributed by atoms with Crippen molar-refractivity contribution in [1.29, 1.82) is 0 Å². The Morgan fingerprint density at radius 1 is 0.821 bits per heavy atom. The van der Waals surface area contributed by atoms with Crippen LogP contribution in [0.5, 0.6) is 0 Å². The van der Waals surface area contributed by atoms with Gasteiger partial charge in [-0.05, 0) is 126 Å². The van der Waals surface area contributed by atoms with Crippen molar-refractivity contribution in [2.45, 2.75) is 131 Å². The zero-order valence-electron chi connectivity index (χ0n) is 20.9. The monoisotopic (exact) mass is 395 g/mol. The minimum absolute atomic E-state index is 0.642. The van der Waals surface area contributed by atoms with Gasteiger partial charge in [-0.25, -0.2) is 0 Å². The summed E-state index contributed by atoms with van der Waals surface area (Å²) in [6, 6.07) is 3.48. The van der Waals surface area contributed by atoms with E-state index in [0.717, 1.165) is 12.0 Å². The van der Waals surface area contributed by atoms with Gasteiger partial charge in [-0.1, -0.05) is 6.92 Å². The molecule has 1 aliphatic rings. The SMILES string of the molecule is CC(CCCN(CCC1CCCN1C)C(C)C)CCC(C)N(C(C)C)C(C)C. The second-order valence-electron chi connectivity index (χ2n) is 10.5. The van der Waals surface area contributed by atoms with E-state index in [9.17, 15) is 0 Å². The molecular weight excluding hydrogens is 342 g/mol.